The molecule has 1 N–H and O–H groups in total. The van der Waals surface area contributed by atoms with Crippen LogP contribution in [0.5, 0.6) is 0 Å². The second kappa shape index (κ2) is 10.9. The predicted molar refractivity (Wildman–Crippen MR) is 187 cm³/mol. The Bertz CT molecular complexity index is 1830. The Morgan fingerprint density at radius 3 is 1.51 bits per heavy atom. The van der Waals surface area contributed by atoms with Gasteiger partial charge >= 0.3 is 271 Å². The van der Waals surface area contributed by atoms with Gasteiger partial charge in [-0.05, 0) is 0 Å². The van der Waals surface area contributed by atoms with Crippen LogP contribution in [0.3, 0.4) is 0 Å². The van der Waals surface area contributed by atoms with Crippen LogP contribution in [0.4, 0.5) is 0 Å². The summed E-state index contributed by atoms with van der Waals surface area (Å²) in [6, 6.07) is 37.9. The Balaban J connectivity index is 1.82. The Morgan fingerprint density at radius 2 is 1.07 bits per heavy atom. The van der Waals surface area contributed by atoms with Gasteiger partial charge in [-0.25, -0.2) is 0 Å². The fraction of sp³-hybridized carbons (Fsp3) is 0.244. The number of nitrogens with one attached hydrogen (secondary N) is 1. The second-order valence-electron chi connectivity index (χ2n) is 13.2. The summed E-state index contributed by atoms with van der Waals surface area (Å²) in [5.41, 5.74) is 13.9. The van der Waals surface area contributed by atoms with Crippen molar-refractivity contribution in [2.75, 3.05) is 7.11 Å². The maximum absolute atomic E-state index is 14.7. The first kappa shape index (κ1) is 29.8. The molecule has 1 heterocycles. The molecule has 0 aromatic heterocycles. The van der Waals surface area contributed by atoms with Crippen molar-refractivity contribution in [3.05, 3.63) is 153 Å². The molecule has 2 atom stereocenters. The van der Waals surface area contributed by atoms with Gasteiger partial charge in [-0.2, -0.15) is 0 Å². The molecule has 2 aliphatic rings. The SMILES string of the molecule is COC(=O)[C@H]1N[C@@H](c2ccccc2)[C]2(c3ccccc3-c3ccccc32)[Ge]1([c]1c(C)cc(C)cc1C)[c]1c(C)cc(C)cc1C. The molecule has 45 heavy (non-hydrogen) atoms. The van der Waals surface area contributed by atoms with Crippen LogP contribution >= 0.6 is 0 Å². The van der Waals surface area contributed by atoms with E-state index in [2.05, 4.69) is 150 Å². The Hall–Kier alpha value is -3.93. The maximum atomic E-state index is 14.7. The van der Waals surface area contributed by atoms with Gasteiger partial charge in [-0.15, -0.1) is 0 Å². The van der Waals surface area contributed by atoms with Crippen molar-refractivity contribution in [2.45, 2.75) is 56.7 Å². The van der Waals surface area contributed by atoms with Crippen molar-refractivity contribution in [1.29, 1.82) is 0 Å². The molecule has 0 unspecified atom stereocenters. The number of ether oxygens (including phenoxy) is 1. The second-order valence-corrected chi connectivity index (χ2v) is 21.6. The van der Waals surface area contributed by atoms with E-state index < -0.39 is 22.4 Å². The quantitative estimate of drug-likeness (QED) is 0.168. The van der Waals surface area contributed by atoms with E-state index in [1.807, 2.05) is 0 Å². The normalized spacial score (nSPS) is 18.9. The van der Waals surface area contributed by atoms with Crippen LogP contribution in [0.15, 0.2) is 103 Å². The minimum atomic E-state index is -4.25. The third-order valence-corrected chi connectivity index (χ3v) is 24.2. The van der Waals surface area contributed by atoms with Gasteiger partial charge in [0.25, 0.3) is 0 Å². The van der Waals surface area contributed by atoms with E-state index in [0.29, 0.717) is 0 Å². The molecule has 1 aliphatic carbocycles. The molecule has 0 saturated carbocycles. The topological polar surface area (TPSA) is 38.3 Å². The van der Waals surface area contributed by atoms with E-state index in [4.69, 9.17) is 4.74 Å². The number of carbonyl (C=O) groups excluding carboxylic acids is 1. The molecule has 5 aromatic rings. The van der Waals surface area contributed by atoms with Crippen LogP contribution in [0, 0.1) is 41.5 Å². The summed E-state index contributed by atoms with van der Waals surface area (Å²) in [7, 11) is 1.56. The number of fused-ring (bicyclic) bond motifs is 5. The van der Waals surface area contributed by atoms with E-state index in [1.165, 1.54) is 70.0 Å². The van der Waals surface area contributed by atoms with Crippen LogP contribution in [0.2, 0.25) is 0 Å². The van der Waals surface area contributed by atoms with Gasteiger partial charge in [-0.1, -0.05) is 0 Å². The first-order valence-corrected chi connectivity index (χ1v) is 20.3. The van der Waals surface area contributed by atoms with Crippen LogP contribution < -0.4 is 14.1 Å². The number of carbonyl (C=O) groups is 1. The van der Waals surface area contributed by atoms with Crippen molar-refractivity contribution in [2.24, 2.45) is 0 Å². The summed E-state index contributed by atoms with van der Waals surface area (Å²) in [6.45, 7) is 13.4. The summed E-state index contributed by atoms with van der Waals surface area (Å²) in [6.07, 6.45) is 0. The molecule has 1 fully saturated rings. The molecule has 1 spiro atoms. The monoisotopic (exact) mass is 653 g/mol. The Morgan fingerprint density at radius 1 is 0.644 bits per heavy atom. The Kier molecular flexibility index (Phi) is 7.18. The molecule has 5 aromatic carbocycles. The van der Waals surface area contributed by atoms with Crippen LogP contribution in [0.1, 0.15) is 56.1 Å². The van der Waals surface area contributed by atoms with E-state index in [-0.39, 0.29) is 12.0 Å². The van der Waals surface area contributed by atoms with Crippen LogP contribution in [-0.4, -0.2) is 31.2 Å². The van der Waals surface area contributed by atoms with E-state index in [9.17, 15) is 4.79 Å². The van der Waals surface area contributed by atoms with Crippen LogP contribution in [0.25, 0.3) is 11.1 Å². The molecule has 226 valence electrons. The minimum absolute atomic E-state index is 0.159. The number of hydrogen-bond donors (Lipinski definition) is 1. The summed E-state index contributed by atoms with van der Waals surface area (Å²) in [5.74, 6) is -0.173. The molecule has 1 saturated heterocycles. The first-order chi connectivity index (χ1) is 21.7. The number of aryl methyl sites for hydroxylation is 6. The number of benzene rings is 5. The van der Waals surface area contributed by atoms with E-state index >= 15 is 0 Å². The van der Waals surface area contributed by atoms with Gasteiger partial charge in [0.2, 0.25) is 0 Å². The number of rotatable bonds is 4. The first-order valence-electron chi connectivity index (χ1n) is 15.9. The zero-order valence-electron chi connectivity index (χ0n) is 27.3. The zero-order chi connectivity index (χ0) is 31.7. The van der Waals surface area contributed by atoms with Crippen LogP contribution in [-0.2, 0) is 13.8 Å². The fourth-order valence-corrected chi connectivity index (χ4v) is 25.9. The Labute approximate surface area is 270 Å². The van der Waals surface area contributed by atoms with Gasteiger partial charge in [0.05, 0.1) is 0 Å². The summed E-state index contributed by atoms with van der Waals surface area (Å²) < 4.78 is 8.08. The van der Waals surface area contributed by atoms with Crippen molar-refractivity contribution in [1.82, 2.24) is 5.32 Å². The van der Waals surface area contributed by atoms with Crippen molar-refractivity contribution < 1.29 is 9.53 Å². The summed E-state index contributed by atoms with van der Waals surface area (Å²) in [4.78, 5) is 14.2. The average Bonchev–Trinajstić information content (AvgIpc) is 3.48. The standard InChI is InChI=1S/C41H41GeNO2/c1-25-21-27(3)36(28(4)22-25)42(37-29(5)23-26(2)24-30(37)6)39(40(44)45-7)43-38(31-15-9-8-10-16-31)41(42)34-19-13-11-17-32(34)33-18-12-14-20-35(33)41/h8-24,38-39,43H,1-7H3/t38-,39+/m0/s1. The number of esters is 1. The molecule has 0 bridgehead atoms. The number of hydrogen-bond acceptors (Lipinski definition) is 3. The fourth-order valence-electron chi connectivity index (χ4n) is 9.64. The summed E-state index contributed by atoms with van der Waals surface area (Å²) in [5, 5.41) is 4.11. The molecular formula is C41H41GeNO2. The summed E-state index contributed by atoms with van der Waals surface area (Å²) >= 11 is -4.25. The van der Waals surface area contributed by atoms with Crippen molar-refractivity contribution in [3.63, 3.8) is 0 Å². The predicted octanol–water partition coefficient (Wildman–Crippen LogP) is 7.03. The van der Waals surface area contributed by atoms with Gasteiger partial charge in [0, 0.05) is 0 Å². The third-order valence-electron chi connectivity index (χ3n) is 10.5. The van der Waals surface area contributed by atoms with Crippen molar-refractivity contribution in [3.8, 4) is 11.1 Å². The third kappa shape index (κ3) is 3.96. The molecule has 3 nitrogen and oxygen atoms in total. The van der Waals surface area contributed by atoms with Gasteiger partial charge < -0.3 is 0 Å². The zero-order valence-corrected chi connectivity index (χ0v) is 29.4. The number of methoxy groups -OCH3 is 1. The van der Waals surface area contributed by atoms with Gasteiger partial charge in [0.1, 0.15) is 0 Å². The van der Waals surface area contributed by atoms with E-state index in [0.717, 1.165) is 0 Å². The molecular weight excluding hydrogens is 611 g/mol. The molecule has 7 rings (SSSR count). The molecule has 4 heteroatoms. The van der Waals surface area contributed by atoms with E-state index in [1.54, 1.807) is 7.11 Å². The average molecular weight is 652 g/mol. The van der Waals surface area contributed by atoms with Gasteiger partial charge in [0.15, 0.2) is 0 Å². The van der Waals surface area contributed by atoms with Crippen molar-refractivity contribution >= 4 is 28.0 Å². The molecule has 1 aliphatic heterocycles. The van der Waals surface area contributed by atoms with Gasteiger partial charge in [-0.3, -0.25) is 0 Å². The molecule has 0 radical (unpaired) electrons. The molecule has 0 amide bonds.